The average Bonchev–Trinajstić information content (AvgIpc) is 2.54. The molecule has 6 nitrogen and oxygen atoms in total. The van der Waals surface area contributed by atoms with Crippen molar-refractivity contribution in [3.63, 3.8) is 0 Å². The SMILES string of the molecule is CCc1ccc(CN(C)c2ccc(S(C)(=O)=O)cc2[N+](=O)[O-])cc1. The van der Waals surface area contributed by atoms with E-state index in [0.29, 0.717) is 12.2 Å². The van der Waals surface area contributed by atoms with Gasteiger partial charge in [-0.1, -0.05) is 31.2 Å². The van der Waals surface area contributed by atoms with Crippen molar-refractivity contribution in [2.24, 2.45) is 0 Å². The van der Waals surface area contributed by atoms with Gasteiger partial charge >= 0.3 is 0 Å². The number of sulfone groups is 1. The number of nitrogens with zero attached hydrogens (tertiary/aromatic N) is 2. The number of benzene rings is 2. The molecule has 0 aliphatic heterocycles. The summed E-state index contributed by atoms with van der Waals surface area (Å²) < 4.78 is 23.2. The number of hydrogen-bond acceptors (Lipinski definition) is 5. The zero-order chi connectivity index (χ0) is 17.9. The maximum Gasteiger partial charge on any atom is 0.293 e. The van der Waals surface area contributed by atoms with Crippen LogP contribution in [0.25, 0.3) is 0 Å². The Bertz CT molecular complexity index is 845. The Labute approximate surface area is 141 Å². The van der Waals surface area contributed by atoms with E-state index in [1.165, 1.54) is 17.7 Å². The van der Waals surface area contributed by atoms with Crippen LogP contribution in [0.3, 0.4) is 0 Å². The summed E-state index contributed by atoms with van der Waals surface area (Å²) >= 11 is 0. The molecule has 0 bridgehead atoms. The van der Waals surface area contributed by atoms with E-state index >= 15 is 0 Å². The summed E-state index contributed by atoms with van der Waals surface area (Å²) in [5, 5.41) is 11.3. The van der Waals surface area contributed by atoms with Crippen LogP contribution in [0, 0.1) is 10.1 Å². The molecule has 0 unspecified atom stereocenters. The summed E-state index contributed by atoms with van der Waals surface area (Å²) in [5.74, 6) is 0. The quantitative estimate of drug-likeness (QED) is 0.591. The zero-order valence-electron chi connectivity index (χ0n) is 13.9. The van der Waals surface area contributed by atoms with Crippen LogP contribution >= 0.6 is 0 Å². The number of hydrogen-bond donors (Lipinski definition) is 0. The highest BCUT2D eigenvalue weighted by atomic mass is 32.2. The number of rotatable bonds is 6. The molecular formula is C17H20N2O4S. The van der Waals surface area contributed by atoms with E-state index in [9.17, 15) is 18.5 Å². The van der Waals surface area contributed by atoms with Crippen LogP contribution in [-0.4, -0.2) is 26.6 Å². The van der Waals surface area contributed by atoms with Gasteiger partial charge in [-0.3, -0.25) is 10.1 Å². The monoisotopic (exact) mass is 348 g/mol. The predicted molar refractivity (Wildman–Crippen MR) is 94.1 cm³/mol. The number of nitro groups is 1. The van der Waals surface area contributed by atoms with Gasteiger partial charge in [0.1, 0.15) is 5.69 Å². The van der Waals surface area contributed by atoms with Crippen molar-refractivity contribution in [2.45, 2.75) is 24.8 Å². The van der Waals surface area contributed by atoms with Gasteiger partial charge in [0.15, 0.2) is 9.84 Å². The van der Waals surface area contributed by atoms with Crippen molar-refractivity contribution in [1.82, 2.24) is 0 Å². The van der Waals surface area contributed by atoms with Crippen molar-refractivity contribution in [2.75, 3.05) is 18.2 Å². The summed E-state index contributed by atoms with van der Waals surface area (Å²) in [4.78, 5) is 12.5. The molecule has 24 heavy (non-hydrogen) atoms. The van der Waals surface area contributed by atoms with Gasteiger partial charge in [-0.15, -0.1) is 0 Å². The van der Waals surface area contributed by atoms with Crippen LogP contribution < -0.4 is 4.90 Å². The molecule has 2 aromatic rings. The smallest absolute Gasteiger partial charge is 0.293 e. The summed E-state index contributed by atoms with van der Waals surface area (Å²) in [6.45, 7) is 2.57. The highest BCUT2D eigenvalue weighted by Crippen LogP contribution is 2.31. The molecule has 0 spiro atoms. The van der Waals surface area contributed by atoms with E-state index in [-0.39, 0.29) is 10.6 Å². The largest absolute Gasteiger partial charge is 0.365 e. The average molecular weight is 348 g/mol. The maximum atomic E-state index is 11.6. The number of nitro benzene ring substituents is 1. The van der Waals surface area contributed by atoms with Crippen molar-refractivity contribution in [3.8, 4) is 0 Å². The van der Waals surface area contributed by atoms with Crippen molar-refractivity contribution < 1.29 is 13.3 Å². The van der Waals surface area contributed by atoms with Gasteiger partial charge in [0.25, 0.3) is 5.69 Å². The molecule has 0 heterocycles. The van der Waals surface area contributed by atoms with Gasteiger partial charge in [0, 0.05) is 25.9 Å². The first-order chi connectivity index (χ1) is 11.2. The van der Waals surface area contributed by atoms with Crippen LogP contribution in [0.4, 0.5) is 11.4 Å². The Kier molecular flexibility index (Phi) is 5.23. The van der Waals surface area contributed by atoms with Crippen LogP contribution in [-0.2, 0) is 22.8 Å². The van der Waals surface area contributed by atoms with Crippen LogP contribution in [0.5, 0.6) is 0 Å². The third kappa shape index (κ3) is 4.11. The van der Waals surface area contributed by atoms with Gasteiger partial charge < -0.3 is 4.90 Å². The summed E-state index contributed by atoms with van der Waals surface area (Å²) in [7, 11) is -1.74. The van der Waals surface area contributed by atoms with Gasteiger partial charge in [-0.05, 0) is 29.7 Å². The molecule has 2 aromatic carbocycles. The van der Waals surface area contributed by atoms with E-state index < -0.39 is 14.8 Å². The fourth-order valence-electron chi connectivity index (χ4n) is 2.44. The topological polar surface area (TPSA) is 80.5 Å². The molecule has 7 heteroatoms. The van der Waals surface area contributed by atoms with E-state index in [1.807, 2.05) is 24.3 Å². The Balaban J connectivity index is 2.33. The third-order valence-electron chi connectivity index (χ3n) is 3.83. The molecule has 0 N–H and O–H groups in total. The van der Waals surface area contributed by atoms with E-state index in [1.54, 1.807) is 11.9 Å². The first-order valence-corrected chi connectivity index (χ1v) is 9.39. The fourth-order valence-corrected chi connectivity index (χ4v) is 3.08. The van der Waals surface area contributed by atoms with Gasteiger partial charge in [0.2, 0.25) is 0 Å². The summed E-state index contributed by atoms with van der Waals surface area (Å²) in [5.41, 5.74) is 2.42. The first-order valence-electron chi connectivity index (χ1n) is 7.50. The highest BCUT2D eigenvalue weighted by Gasteiger charge is 2.21. The number of aryl methyl sites for hydroxylation is 1. The summed E-state index contributed by atoms with van der Waals surface area (Å²) in [6, 6.07) is 12.0. The minimum Gasteiger partial charge on any atom is -0.365 e. The molecule has 0 aliphatic rings. The van der Waals surface area contributed by atoms with Crippen LogP contribution in [0.15, 0.2) is 47.4 Å². The van der Waals surface area contributed by atoms with Gasteiger partial charge in [-0.2, -0.15) is 0 Å². The predicted octanol–water partition coefficient (Wildman–Crippen LogP) is 3.20. The van der Waals surface area contributed by atoms with E-state index in [4.69, 9.17) is 0 Å². The molecule has 0 saturated carbocycles. The fraction of sp³-hybridized carbons (Fsp3) is 0.294. The minimum atomic E-state index is -3.49. The highest BCUT2D eigenvalue weighted by molar-refractivity contribution is 7.90. The number of anilines is 1. The van der Waals surface area contributed by atoms with Crippen molar-refractivity contribution in [1.29, 1.82) is 0 Å². The Morgan fingerprint density at radius 3 is 2.17 bits per heavy atom. The summed E-state index contributed by atoms with van der Waals surface area (Å²) in [6.07, 6.45) is 1.99. The second kappa shape index (κ2) is 7.00. The first kappa shape index (κ1) is 17.9. The lowest BCUT2D eigenvalue weighted by molar-refractivity contribution is -0.384. The molecule has 0 aromatic heterocycles. The van der Waals surface area contributed by atoms with E-state index in [0.717, 1.165) is 24.3 Å². The molecule has 2 rings (SSSR count). The van der Waals surface area contributed by atoms with Gasteiger partial charge in [0.05, 0.1) is 9.82 Å². The maximum absolute atomic E-state index is 11.6. The van der Waals surface area contributed by atoms with Crippen molar-refractivity contribution in [3.05, 3.63) is 63.7 Å². The van der Waals surface area contributed by atoms with Crippen molar-refractivity contribution >= 4 is 21.2 Å². The molecule has 128 valence electrons. The lowest BCUT2D eigenvalue weighted by atomic mass is 10.1. The molecule has 0 amide bonds. The standard InChI is InChI=1S/C17H20N2O4S/c1-4-13-5-7-14(8-6-13)12-18(2)16-10-9-15(24(3,22)23)11-17(16)19(20)21/h5-11H,4,12H2,1-3H3. The lowest BCUT2D eigenvalue weighted by Crippen LogP contribution is -2.18. The van der Waals surface area contributed by atoms with E-state index in [2.05, 4.69) is 6.92 Å². The van der Waals surface area contributed by atoms with Crippen LogP contribution in [0.1, 0.15) is 18.1 Å². The second-order valence-electron chi connectivity index (χ2n) is 5.71. The molecule has 0 saturated heterocycles. The molecule has 0 radical (unpaired) electrons. The normalized spacial score (nSPS) is 11.3. The molecular weight excluding hydrogens is 328 g/mol. The Hall–Kier alpha value is -2.41. The minimum absolute atomic E-state index is 0.0568. The van der Waals surface area contributed by atoms with Crippen LogP contribution in [0.2, 0.25) is 0 Å². The third-order valence-corrected chi connectivity index (χ3v) is 4.94. The Morgan fingerprint density at radius 1 is 1.08 bits per heavy atom. The van der Waals surface area contributed by atoms with Gasteiger partial charge in [-0.25, -0.2) is 8.42 Å². The molecule has 0 atom stereocenters. The molecule has 0 aliphatic carbocycles. The Morgan fingerprint density at radius 2 is 1.67 bits per heavy atom. The second-order valence-corrected chi connectivity index (χ2v) is 7.72. The molecule has 0 fully saturated rings. The zero-order valence-corrected chi connectivity index (χ0v) is 14.7. The lowest BCUT2D eigenvalue weighted by Gasteiger charge is -2.20.